The van der Waals surface area contributed by atoms with Gasteiger partial charge in [-0.25, -0.2) is 4.79 Å². The monoisotopic (exact) mass is 420 g/mol. The van der Waals surface area contributed by atoms with Crippen LogP contribution in [0.4, 0.5) is 0 Å². The third-order valence-electron chi connectivity index (χ3n) is 4.64. The Hall–Kier alpha value is -2.85. The normalized spacial score (nSPS) is 21.8. The summed E-state index contributed by atoms with van der Waals surface area (Å²) in [5.74, 6) is -2.96. The minimum absolute atomic E-state index is 0.219. The Kier molecular flexibility index (Phi) is 5.94. The lowest BCUT2D eigenvalue weighted by Gasteiger charge is -2.49. The van der Waals surface area contributed by atoms with E-state index in [4.69, 9.17) is 4.74 Å². The van der Waals surface area contributed by atoms with E-state index in [2.05, 4.69) is 5.32 Å². The number of thioether (sulfide) groups is 1. The second kappa shape index (κ2) is 8.26. The summed E-state index contributed by atoms with van der Waals surface area (Å²) >= 11 is 1.25. The minimum Gasteiger partial charge on any atom is -0.477 e. The first-order valence-electron chi connectivity index (χ1n) is 8.79. The van der Waals surface area contributed by atoms with E-state index in [9.17, 15) is 29.4 Å². The van der Waals surface area contributed by atoms with Gasteiger partial charge in [0.1, 0.15) is 23.7 Å². The molecule has 154 valence electrons. The summed E-state index contributed by atoms with van der Waals surface area (Å²) in [7, 11) is 0. The number of carboxylic acid groups (broad SMARTS) is 1. The van der Waals surface area contributed by atoms with Crippen molar-refractivity contribution in [3.63, 3.8) is 0 Å². The maximum atomic E-state index is 12.5. The maximum absolute atomic E-state index is 12.5. The van der Waals surface area contributed by atoms with Crippen LogP contribution in [0.25, 0.3) is 0 Å². The van der Waals surface area contributed by atoms with Crippen molar-refractivity contribution in [1.29, 1.82) is 0 Å². The summed E-state index contributed by atoms with van der Waals surface area (Å²) in [6.45, 7) is 2.87. The molecule has 1 saturated heterocycles. The van der Waals surface area contributed by atoms with Crippen LogP contribution in [0.15, 0.2) is 35.5 Å². The SMILES string of the molecule is CC(=O)OCC1=C(C(=O)O)N2C(=O)C(NC(=O)C(O)c3ccc(C)cc3)C2SC1. The molecule has 3 rings (SSSR count). The molecule has 2 aliphatic heterocycles. The highest BCUT2D eigenvalue weighted by Gasteiger charge is 2.54. The summed E-state index contributed by atoms with van der Waals surface area (Å²) in [6, 6.07) is 5.81. The highest BCUT2D eigenvalue weighted by atomic mass is 32.2. The zero-order chi connectivity index (χ0) is 21.3. The van der Waals surface area contributed by atoms with E-state index >= 15 is 0 Å². The van der Waals surface area contributed by atoms with E-state index in [1.54, 1.807) is 24.3 Å². The zero-order valence-electron chi connectivity index (χ0n) is 15.7. The van der Waals surface area contributed by atoms with Crippen molar-refractivity contribution in [3.8, 4) is 0 Å². The Morgan fingerprint density at radius 2 is 1.97 bits per heavy atom. The summed E-state index contributed by atoms with van der Waals surface area (Å²) in [5, 5.41) is 21.6. The lowest BCUT2D eigenvalue weighted by Crippen LogP contribution is -2.71. The molecule has 0 aliphatic carbocycles. The van der Waals surface area contributed by atoms with Gasteiger partial charge in [-0.15, -0.1) is 11.8 Å². The van der Waals surface area contributed by atoms with Gasteiger partial charge in [0.05, 0.1) is 0 Å². The summed E-state index contributed by atoms with van der Waals surface area (Å²) in [5.41, 5.74) is 1.45. The number of aliphatic carboxylic acids is 1. The highest BCUT2D eigenvalue weighted by molar-refractivity contribution is 8.00. The molecular formula is C19H20N2O7S. The van der Waals surface area contributed by atoms with Crippen LogP contribution in [0.2, 0.25) is 0 Å². The van der Waals surface area contributed by atoms with Crippen LogP contribution < -0.4 is 5.32 Å². The maximum Gasteiger partial charge on any atom is 0.352 e. The largest absolute Gasteiger partial charge is 0.477 e. The first-order valence-corrected chi connectivity index (χ1v) is 9.84. The molecule has 0 spiro atoms. The molecule has 29 heavy (non-hydrogen) atoms. The van der Waals surface area contributed by atoms with Crippen LogP contribution in [0.3, 0.4) is 0 Å². The number of esters is 1. The molecule has 1 aromatic carbocycles. The standard InChI is InChI=1S/C19H20N2O7S/c1-9-3-5-11(6-4-9)15(23)16(24)20-13-17(25)21-14(19(26)27)12(7-28-10(2)22)8-29-18(13)21/h3-6,13,15,18,23H,7-8H2,1-2H3,(H,20,24)(H,26,27). The van der Waals surface area contributed by atoms with Gasteiger partial charge in [-0.3, -0.25) is 19.3 Å². The number of aliphatic hydroxyl groups excluding tert-OH is 1. The van der Waals surface area contributed by atoms with Gasteiger partial charge < -0.3 is 20.3 Å². The molecule has 0 aromatic heterocycles. The molecule has 1 fully saturated rings. The van der Waals surface area contributed by atoms with Crippen LogP contribution in [-0.4, -0.2) is 62.6 Å². The second-order valence-corrected chi connectivity index (χ2v) is 7.85. The van der Waals surface area contributed by atoms with Gasteiger partial charge in [-0.1, -0.05) is 29.8 Å². The van der Waals surface area contributed by atoms with Crippen LogP contribution >= 0.6 is 11.8 Å². The molecule has 1 aromatic rings. The van der Waals surface area contributed by atoms with E-state index < -0.39 is 41.3 Å². The Bertz CT molecular complexity index is 896. The average Bonchev–Trinajstić information content (AvgIpc) is 2.69. The van der Waals surface area contributed by atoms with Crippen LogP contribution in [0, 0.1) is 6.92 Å². The molecule has 3 N–H and O–H groups in total. The second-order valence-electron chi connectivity index (χ2n) is 6.75. The molecule has 2 amide bonds. The van der Waals surface area contributed by atoms with Crippen LogP contribution in [0.5, 0.6) is 0 Å². The fourth-order valence-corrected chi connectivity index (χ4v) is 4.44. The fourth-order valence-electron chi connectivity index (χ4n) is 3.12. The number of hydrogen-bond acceptors (Lipinski definition) is 7. The Morgan fingerprint density at radius 3 is 2.55 bits per heavy atom. The first kappa shape index (κ1) is 20.9. The van der Waals surface area contributed by atoms with Crippen molar-refractivity contribution in [1.82, 2.24) is 10.2 Å². The summed E-state index contributed by atoms with van der Waals surface area (Å²) < 4.78 is 4.87. The lowest BCUT2D eigenvalue weighted by molar-refractivity contribution is -0.152. The van der Waals surface area contributed by atoms with Crippen molar-refractivity contribution >= 4 is 35.5 Å². The van der Waals surface area contributed by atoms with Gasteiger partial charge in [0.2, 0.25) is 0 Å². The summed E-state index contributed by atoms with van der Waals surface area (Å²) in [6.07, 6.45) is -1.44. The average molecular weight is 420 g/mol. The van der Waals surface area contributed by atoms with Crippen molar-refractivity contribution in [2.24, 2.45) is 0 Å². The topological polar surface area (TPSA) is 133 Å². The van der Waals surface area contributed by atoms with Gasteiger partial charge in [-0.05, 0) is 12.5 Å². The number of carbonyl (C=O) groups excluding carboxylic acids is 3. The lowest BCUT2D eigenvalue weighted by atomic mass is 10.0. The number of benzene rings is 1. The number of amides is 2. The van der Waals surface area contributed by atoms with E-state index in [1.807, 2.05) is 6.92 Å². The van der Waals surface area contributed by atoms with E-state index in [0.717, 1.165) is 10.5 Å². The number of fused-ring (bicyclic) bond motifs is 1. The molecule has 10 heteroatoms. The number of nitrogens with zero attached hydrogens (tertiary/aromatic N) is 1. The minimum atomic E-state index is -1.44. The van der Waals surface area contributed by atoms with Crippen LogP contribution in [-0.2, 0) is 23.9 Å². The number of carbonyl (C=O) groups is 4. The van der Waals surface area contributed by atoms with Gasteiger partial charge >= 0.3 is 11.9 Å². The van der Waals surface area contributed by atoms with Gasteiger partial charge in [0.25, 0.3) is 11.8 Å². The Labute approximate surface area is 170 Å². The number of aryl methyl sites for hydroxylation is 1. The summed E-state index contributed by atoms with van der Waals surface area (Å²) in [4.78, 5) is 48.7. The molecule has 2 aliphatic rings. The number of aliphatic hydroxyl groups is 1. The third kappa shape index (κ3) is 4.13. The van der Waals surface area contributed by atoms with Gasteiger partial charge in [-0.2, -0.15) is 0 Å². The van der Waals surface area contributed by atoms with Crippen molar-refractivity contribution in [2.75, 3.05) is 12.4 Å². The quantitative estimate of drug-likeness (QED) is 0.443. The van der Waals surface area contributed by atoms with Crippen molar-refractivity contribution in [3.05, 3.63) is 46.7 Å². The van der Waals surface area contributed by atoms with Gasteiger partial charge in [0.15, 0.2) is 6.10 Å². The van der Waals surface area contributed by atoms with E-state index in [-0.39, 0.29) is 18.1 Å². The Balaban J connectivity index is 1.71. The number of β-lactam (4-membered cyclic amide) rings is 1. The highest BCUT2D eigenvalue weighted by Crippen LogP contribution is 2.40. The van der Waals surface area contributed by atoms with E-state index in [1.165, 1.54) is 18.7 Å². The van der Waals surface area contributed by atoms with Gasteiger partial charge in [0, 0.05) is 18.2 Å². The van der Waals surface area contributed by atoms with Crippen molar-refractivity contribution in [2.45, 2.75) is 31.4 Å². The smallest absolute Gasteiger partial charge is 0.352 e. The fraction of sp³-hybridized carbons (Fsp3) is 0.368. The molecule has 9 nitrogen and oxygen atoms in total. The predicted molar refractivity (Wildman–Crippen MR) is 102 cm³/mol. The van der Waals surface area contributed by atoms with Crippen molar-refractivity contribution < 1.29 is 34.1 Å². The number of rotatable bonds is 6. The Morgan fingerprint density at radius 1 is 1.31 bits per heavy atom. The third-order valence-corrected chi connectivity index (χ3v) is 5.98. The molecular weight excluding hydrogens is 400 g/mol. The first-order chi connectivity index (χ1) is 13.7. The number of hydrogen-bond donors (Lipinski definition) is 3. The molecule has 3 unspecified atom stereocenters. The number of carboxylic acids is 1. The molecule has 0 radical (unpaired) electrons. The molecule has 2 heterocycles. The zero-order valence-corrected chi connectivity index (χ0v) is 16.6. The number of nitrogens with one attached hydrogen (secondary N) is 1. The molecule has 3 atom stereocenters. The van der Waals surface area contributed by atoms with E-state index in [0.29, 0.717) is 11.1 Å². The molecule has 0 bridgehead atoms. The number of ether oxygens (including phenoxy) is 1. The predicted octanol–water partition coefficient (Wildman–Crippen LogP) is 0.330. The molecule has 0 saturated carbocycles. The van der Waals surface area contributed by atoms with Crippen LogP contribution in [0.1, 0.15) is 24.2 Å².